The summed E-state index contributed by atoms with van der Waals surface area (Å²) in [5.74, 6) is 4.02. The predicted octanol–water partition coefficient (Wildman–Crippen LogP) is 0.262. The highest BCUT2D eigenvalue weighted by molar-refractivity contribution is 7.91. The van der Waals surface area contributed by atoms with Gasteiger partial charge in [0.15, 0.2) is 9.84 Å². The molecule has 3 fully saturated rings. The molecule has 0 bridgehead atoms. The van der Waals surface area contributed by atoms with Crippen molar-refractivity contribution in [2.24, 2.45) is 35.3 Å². The van der Waals surface area contributed by atoms with Crippen molar-refractivity contribution >= 4 is 9.84 Å². The van der Waals surface area contributed by atoms with Gasteiger partial charge in [-0.2, -0.15) is 0 Å². The zero-order valence-electron chi connectivity index (χ0n) is 8.22. The van der Waals surface area contributed by atoms with E-state index in [1.807, 2.05) is 0 Å². The first kappa shape index (κ1) is 9.16. The molecule has 0 aromatic rings. The third-order valence-electron chi connectivity index (χ3n) is 4.64. The molecule has 1 unspecified atom stereocenters. The van der Waals surface area contributed by atoms with Gasteiger partial charge in [-0.05, 0) is 49.0 Å². The van der Waals surface area contributed by atoms with E-state index >= 15 is 0 Å². The van der Waals surface area contributed by atoms with Crippen molar-refractivity contribution in [1.82, 2.24) is 0 Å². The van der Waals surface area contributed by atoms with Crippen molar-refractivity contribution < 1.29 is 8.42 Å². The molecular formula is C10H17NO2S. The number of hydrogen-bond acceptors (Lipinski definition) is 3. The summed E-state index contributed by atoms with van der Waals surface area (Å²) >= 11 is 0. The van der Waals surface area contributed by atoms with Gasteiger partial charge in [-0.15, -0.1) is 0 Å². The number of nitrogens with two attached hydrogens (primary N) is 1. The lowest BCUT2D eigenvalue weighted by atomic mass is 9.60. The van der Waals surface area contributed by atoms with Gasteiger partial charge in [-0.1, -0.05) is 0 Å². The van der Waals surface area contributed by atoms with Crippen molar-refractivity contribution in [1.29, 1.82) is 0 Å². The van der Waals surface area contributed by atoms with E-state index in [-0.39, 0.29) is 0 Å². The summed E-state index contributed by atoms with van der Waals surface area (Å²) in [5, 5.41) is 0. The van der Waals surface area contributed by atoms with Crippen LogP contribution < -0.4 is 5.73 Å². The Balaban J connectivity index is 1.78. The Kier molecular flexibility index (Phi) is 1.78. The highest BCUT2D eigenvalue weighted by Gasteiger charge is 2.59. The normalized spacial score (nSPS) is 53.6. The van der Waals surface area contributed by atoms with Gasteiger partial charge in [0.05, 0.1) is 11.5 Å². The van der Waals surface area contributed by atoms with E-state index in [0.29, 0.717) is 41.1 Å². The fourth-order valence-corrected chi connectivity index (χ4v) is 6.33. The molecule has 0 spiro atoms. The second kappa shape index (κ2) is 2.73. The Morgan fingerprint density at radius 2 is 1.50 bits per heavy atom. The summed E-state index contributed by atoms with van der Waals surface area (Å²) in [4.78, 5) is 0. The van der Waals surface area contributed by atoms with E-state index in [1.54, 1.807) is 0 Å². The lowest BCUT2D eigenvalue weighted by Gasteiger charge is -2.44. The quantitative estimate of drug-likeness (QED) is 0.682. The summed E-state index contributed by atoms with van der Waals surface area (Å²) in [7, 11) is -2.68. The van der Waals surface area contributed by atoms with Crippen LogP contribution in [0.2, 0.25) is 0 Å². The molecule has 1 heterocycles. The Morgan fingerprint density at radius 3 is 1.93 bits per heavy atom. The number of hydrogen-bond donors (Lipinski definition) is 1. The van der Waals surface area contributed by atoms with Gasteiger partial charge in [0.1, 0.15) is 0 Å². The SMILES string of the molecule is NCC1C[C@@H]2[C@H](C1)[C@@H]1CS(=O)(=O)C[C@H]21. The highest BCUT2D eigenvalue weighted by atomic mass is 32.2. The Bertz CT molecular complexity index is 325. The molecule has 80 valence electrons. The van der Waals surface area contributed by atoms with Crippen LogP contribution in [-0.2, 0) is 9.84 Å². The smallest absolute Gasteiger partial charge is 0.150 e. The minimum Gasteiger partial charge on any atom is -0.330 e. The number of rotatable bonds is 1. The van der Waals surface area contributed by atoms with Gasteiger partial charge >= 0.3 is 0 Å². The van der Waals surface area contributed by atoms with E-state index < -0.39 is 9.84 Å². The molecule has 1 saturated heterocycles. The van der Waals surface area contributed by atoms with E-state index in [2.05, 4.69) is 0 Å². The summed E-state index contributed by atoms with van der Waals surface area (Å²) in [5.41, 5.74) is 5.67. The molecular weight excluding hydrogens is 198 g/mol. The molecule has 3 rings (SSSR count). The molecule has 3 nitrogen and oxygen atoms in total. The maximum absolute atomic E-state index is 11.4. The van der Waals surface area contributed by atoms with Crippen LogP contribution in [0.4, 0.5) is 0 Å². The molecule has 14 heavy (non-hydrogen) atoms. The molecule has 0 aromatic heterocycles. The van der Waals surface area contributed by atoms with Crippen molar-refractivity contribution in [3.63, 3.8) is 0 Å². The van der Waals surface area contributed by atoms with Crippen molar-refractivity contribution in [2.45, 2.75) is 12.8 Å². The van der Waals surface area contributed by atoms with Crippen molar-refractivity contribution in [3.05, 3.63) is 0 Å². The first-order chi connectivity index (χ1) is 6.61. The van der Waals surface area contributed by atoms with E-state index in [1.165, 1.54) is 12.8 Å². The Morgan fingerprint density at radius 1 is 1.00 bits per heavy atom. The molecule has 0 amide bonds. The van der Waals surface area contributed by atoms with Gasteiger partial charge in [0, 0.05) is 0 Å². The topological polar surface area (TPSA) is 60.2 Å². The van der Waals surface area contributed by atoms with Crippen LogP contribution in [0.1, 0.15) is 12.8 Å². The van der Waals surface area contributed by atoms with Gasteiger partial charge in [-0.25, -0.2) is 8.42 Å². The molecule has 2 N–H and O–H groups in total. The third-order valence-corrected chi connectivity index (χ3v) is 6.42. The number of fused-ring (bicyclic) bond motifs is 4. The van der Waals surface area contributed by atoms with Crippen LogP contribution in [-0.4, -0.2) is 26.5 Å². The maximum atomic E-state index is 11.4. The molecule has 1 aliphatic heterocycles. The fraction of sp³-hybridized carbons (Fsp3) is 1.00. The molecule has 2 saturated carbocycles. The number of sulfone groups is 1. The molecule has 5 atom stereocenters. The Hall–Kier alpha value is -0.0900. The third kappa shape index (κ3) is 1.10. The van der Waals surface area contributed by atoms with Crippen molar-refractivity contribution in [2.75, 3.05) is 18.1 Å². The van der Waals surface area contributed by atoms with Crippen LogP contribution in [0, 0.1) is 29.6 Å². The van der Waals surface area contributed by atoms with Crippen LogP contribution in [0.15, 0.2) is 0 Å². The van der Waals surface area contributed by atoms with Gasteiger partial charge in [-0.3, -0.25) is 0 Å². The summed E-state index contributed by atoms with van der Waals surface area (Å²) in [6, 6.07) is 0. The van der Waals surface area contributed by atoms with E-state index in [0.717, 1.165) is 6.54 Å². The minimum atomic E-state index is -2.68. The largest absolute Gasteiger partial charge is 0.330 e. The standard InChI is InChI=1S/C10H17NO2S/c11-3-6-1-7-8(2-6)10-5-14(12,13)4-9(7)10/h6-10H,1-5,11H2/t6?,7-,8+,9-,10+. The average molecular weight is 215 g/mol. The fourth-order valence-electron chi connectivity index (χ4n) is 4.03. The van der Waals surface area contributed by atoms with Crippen molar-refractivity contribution in [3.8, 4) is 0 Å². The van der Waals surface area contributed by atoms with E-state index in [4.69, 9.17) is 5.73 Å². The summed E-state index contributed by atoms with van der Waals surface area (Å²) in [6.45, 7) is 0.791. The molecule has 0 aromatic carbocycles. The first-order valence-corrected chi connectivity index (χ1v) is 7.33. The van der Waals surface area contributed by atoms with Gasteiger partial charge < -0.3 is 5.73 Å². The Labute approximate surface area is 85.0 Å². The molecule has 4 heteroatoms. The predicted molar refractivity (Wildman–Crippen MR) is 54.4 cm³/mol. The first-order valence-electron chi connectivity index (χ1n) is 5.51. The maximum Gasteiger partial charge on any atom is 0.150 e. The second-order valence-electron chi connectivity index (χ2n) is 5.31. The van der Waals surface area contributed by atoms with Crippen LogP contribution in [0.5, 0.6) is 0 Å². The van der Waals surface area contributed by atoms with E-state index in [9.17, 15) is 8.42 Å². The molecule has 0 radical (unpaired) electrons. The lowest BCUT2D eigenvalue weighted by Crippen LogP contribution is -2.42. The van der Waals surface area contributed by atoms with Gasteiger partial charge in [0.25, 0.3) is 0 Å². The zero-order chi connectivity index (χ0) is 9.92. The molecule has 3 aliphatic rings. The lowest BCUT2D eigenvalue weighted by molar-refractivity contribution is 0.0462. The van der Waals surface area contributed by atoms with Gasteiger partial charge in [0.2, 0.25) is 0 Å². The summed E-state index contributed by atoms with van der Waals surface area (Å²) in [6.07, 6.45) is 2.38. The molecule has 2 aliphatic carbocycles. The summed E-state index contributed by atoms with van der Waals surface area (Å²) < 4.78 is 22.9. The average Bonchev–Trinajstić information content (AvgIpc) is 2.62. The zero-order valence-corrected chi connectivity index (χ0v) is 9.04. The highest BCUT2D eigenvalue weighted by Crippen LogP contribution is 2.60. The van der Waals surface area contributed by atoms with Crippen LogP contribution >= 0.6 is 0 Å². The van der Waals surface area contributed by atoms with Crippen LogP contribution in [0.25, 0.3) is 0 Å². The monoisotopic (exact) mass is 215 g/mol. The second-order valence-corrected chi connectivity index (χ2v) is 7.46. The van der Waals surface area contributed by atoms with Crippen LogP contribution in [0.3, 0.4) is 0 Å². The minimum absolute atomic E-state index is 0.468.